The van der Waals surface area contributed by atoms with Gasteiger partial charge in [0.05, 0.1) is 5.69 Å². The van der Waals surface area contributed by atoms with E-state index in [0.717, 1.165) is 11.4 Å². The molecule has 0 radical (unpaired) electrons. The van der Waals surface area contributed by atoms with Crippen LogP contribution in [0.5, 0.6) is 5.75 Å². The third kappa shape index (κ3) is 0.792. The second kappa shape index (κ2) is 2.02. The van der Waals surface area contributed by atoms with Gasteiger partial charge >= 0.3 is 0 Å². The summed E-state index contributed by atoms with van der Waals surface area (Å²) in [5, 5.41) is 0. The van der Waals surface area contributed by atoms with Crippen molar-refractivity contribution in [3.8, 4) is 5.75 Å². The summed E-state index contributed by atoms with van der Waals surface area (Å²) in [5.41, 5.74) is 1.08. The Morgan fingerprint density at radius 1 is 1.36 bits per heavy atom. The van der Waals surface area contributed by atoms with Gasteiger partial charge in [-0.25, -0.2) is 0 Å². The Balaban J connectivity index is 2.55. The molecule has 1 heterocycles. The minimum atomic E-state index is 0.686. The van der Waals surface area contributed by atoms with Crippen molar-refractivity contribution in [2.75, 3.05) is 11.9 Å². The lowest BCUT2D eigenvalue weighted by atomic mass is 10.3. The predicted octanol–water partition coefficient (Wildman–Crippen LogP) is 1.99. The van der Waals surface area contributed by atoms with Gasteiger partial charge in [-0.2, -0.15) is 0 Å². The first kappa shape index (κ1) is 6.28. The second-order valence-electron chi connectivity index (χ2n) is 2.52. The van der Waals surface area contributed by atoms with E-state index in [1.54, 1.807) is 0 Å². The maximum Gasteiger partial charge on any atom is 0.193 e. The molecule has 0 saturated heterocycles. The van der Waals surface area contributed by atoms with Crippen molar-refractivity contribution < 1.29 is 4.74 Å². The summed E-state index contributed by atoms with van der Waals surface area (Å²) in [4.78, 5) is 1.93. The van der Waals surface area contributed by atoms with Gasteiger partial charge in [0.15, 0.2) is 11.6 Å². The van der Waals surface area contributed by atoms with E-state index >= 15 is 0 Å². The number of hydrogen-bond donors (Lipinski definition) is 0. The van der Waals surface area contributed by atoms with Crippen LogP contribution in [0.4, 0.5) is 5.69 Å². The second-order valence-corrected chi connectivity index (χ2v) is 2.52. The highest BCUT2D eigenvalue weighted by Crippen LogP contribution is 2.36. The van der Waals surface area contributed by atoms with E-state index in [9.17, 15) is 0 Å². The third-order valence-electron chi connectivity index (χ3n) is 1.83. The summed E-state index contributed by atoms with van der Waals surface area (Å²) in [6, 6.07) is 7.88. The summed E-state index contributed by atoms with van der Waals surface area (Å²) >= 11 is 0. The third-order valence-corrected chi connectivity index (χ3v) is 1.83. The Bertz CT molecular complexity index is 306. The van der Waals surface area contributed by atoms with Crippen LogP contribution in [-0.2, 0) is 0 Å². The van der Waals surface area contributed by atoms with Gasteiger partial charge < -0.3 is 9.64 Å². The Kier molecular flexibility index (Phi) is 1.15. The fourth-order valence-electron chi connectivity index (χ4n) is 1.15. The summed E-state index contributed by atoms with van der Waals surface area (Å²) in [6.07, 6.45) is 0. The quantitative estimate of drug-likeness (QED) is 0.556. The molecule has 0 fully saturated rings. The summed E-state index contributed by atoms with van der Waals surface area (Å²) in [5.74, 6) is 1.58. The fraction of sp³-hybridized carbons (Fsp3) is 0.111. The van der Waals surface area contributed by atoms with Crippen LogP contribution in [0.25, 0.3) is 0 Å². The van der Waals surface area contributed by atoms with E-state index in [2.05, 4.69) is 6.58 Å². The SMILES string of the molecule is C=C1Oc2ccccc2N1C. The molecule has 56 valence electrons. The van der Waals surface area contributed by atoms with Gasteiger partial charge in [0.2, 0.25) is 0 Å². The van der Waals surface area contributed by atoms with Crippen molar-refractivity contribution in [1.82, 2.24) is 0 Å². The van der Waals surface area contributed by atoms with E-state index in [4.69, 9.17) is 4.74 Å². The van der Waals surface area contributed by atoms with E-state index in [1.165, 1.54) is 0 Å². The van der Waals surface area contributed by atoms with Gasteiger partial charge in [0, 0.05) is 7.05 Å². The van der Waals surface area contributed by atoms with Crippen LogP contribution >= 0.6 is 0 Å². The Morgan fingerprint density at radius 2 is 2.09 bits per heavy atom. The smallest absolute Gasteiger partial charge is 0.193 e. The molecule has 0 aliphatic carbocycles. The molecule has 2 rings (SSSR count). The van der Waals surface area contributed by atoms with Gasteiger partial charge in [-0.15, -0.1) is 0 Å². The van der Waals surface area contributed by atoms with Crippen LogP contribution in [-0.4, -0.2) is 7.05 Å². The lowest BCUT2D eigenvalue weighted by Crippen LogP contribution is -2.11. The minimum absolute atomic E-state index is 0.686. The van der Waals surface area contributed by atoms with Crippen LogP contribution in [0.1, 0.15) is 0 Å². The highest BCUT2D eigenvalue weighted by Gasteiger charge is 2.19. The molecule has 0 saturated carbocycles. The van der Waals surface area contributed by atoms with Gasteiger partial charge in [-0.3, -0.25) is 0 Å². The largest absolute Gasteiger partial charge is 0.439 e. The number of rotatable bonds is 0. The van der Waals surface area contributed by atoms with Gasteiger partial charge in [0.1, 0.15) is 0 Å². The van der Waals surface area contributed by atoms with Crippen molar-refractivity contribution in [2.45, 2.75) is 0 Å². The van der Waals surface area contributed by atoms with Crippen molar-refractivity contribution in [3.05, 3.63) is 36.7 Å². The summed E-state index contributed by atoms with van der Waals surface area (Å²) < 4.78 is 5.35. The maximum atomic E-state index is 5.35. The summed E-state index contributed by atoms with van der Waals surface area (Å²) in [6.45, 7) is 3.75. The first-order valence-corrected chi connectivity index (χ1v) is 3.48. The molecule has 0 bridgehead atoms. The zero-order chi connectivity index (χ0) is 7.84. The summed E-state index contributed by atoms with van der Waals surface area (Å²) in [7, 11) is 1.94. The lowest BCUT2D eigenvalue weighted by Gasteiger charge is -2.07. The molecule has 11 heavy (non-hydrogen) atoms. The van der Waals surface area contributed by atoms with Crippen molar-refractivity contribution in [2.24, 2.45) is 0 Å². The molecule has 2 heteroatoms. The highest BCUT2D eigenvalue weighted by molar-refractivity contribution is 5.65. The molecule has 0 atom stereocenters. The van der Waals surface area contributed by atoms with E-state index in [-0.39, 0.29) is 0 Å². The van der Waals surface area contributed by atoms with Gasteiger partial charge in [-0.1, -0.05) is 12.1 Å². The van der Waals surface area contributed by atoms with E-state index < -0.39 is 0 Å². The Hall–Kier alpha value is -1.44. The lowest BCUT2D eigenvalue weighted by molar-refractivity contribution is 0.446. The molecule has 1 aromatic rings. The predicted molar refractivity (Wildman–Crippen MR) is 44.6 cm³/mol. The first-order chi connectivity index (χ1) is 5.29. The van der Waals surface area contributed by atoms with Crippen molar-refractivity contribution in [1.29, 1.82) is 0 Å². The molecule has 0 spiro atoms. The standard InChI is InChI=1S/C9H9NO/c1-7-10(2)8-5-3-4-6-9(8)11-7/h3-6H,1H2,2H3. The van der Waals surface area contributed by atoms with E-state index in [0.29, 0.717) is 5.88 Å². The average molecular weight is 147 g/mol. The van der Waals surface area contributed by atoms with Gasteiger partial charge in [-0.05, 0) is 18.7 Å². The average Bonchev–Trinajstić information content (AvgIpc) is 2.30. The number of fused-ring (bicyclic) bond motifs is 1. The zero-order valence-corrected chi connectivity index (χ0v) is 6.37. The van der Waals surface area contributed by atoms with Crippen molar-refractivity contribution >= 4 is 5.69 Å². The zero-order valence-electron chi connectivity index (χ0n) is 6.37. The molecule has 0 unspecified atom stereocenters. The van der Waals surface area contributed by atoms with Crippen LogP contribution in [0, 0.1) is 0 Å². The Labute approximate surface area is 65.7 Å². The van der Waals surface area contributed by atoms with Crippen molar-refractivity contribution in [3.63, 3.8) is 0 Å². The fourth-order valence-corrected chi connectivity index (χ4v) is 1.15. The monoisotopic (exact) mass is 147 g/mol. The molecule has 0 amide bonds. The van der Waals surface area contributed by atoms with Gasteiger partial charge in [0.25, 0.3) is 0 Å². The Morgan fingerprint density at radius 3 is 2.82 bits per heavy atom. The number of nitrogens with zero attached hydrogens (tertiary/aromatic N) is 1. The van der Waals surface area contributed by atoms with Crippen LogP contribution in [0.15, 0.2) is 36.7 Å². The molecule has 1 aromatic carbocycles. The molecule has 2 nitrogen and oxygen atoms in total. The number of ether oxygens (including phenoxy) is 1. The highest BCUT2D eigenvalue weighted by atomic mass is 16.5. The van der Waals surface area contributed by atoms with Crippen LogP contribution in [0.3, 0.4) is 0 Å². The van der Waals surface area contributed by atoms with Crippen LogP contribution in [0.2, 0.25) is 0 Å². The molecular formula is C9H9NO. The number of anilines is 1. The first-order valence-electron chi connectivity index (χ1n) is 3.48. The molecular weight excluding hydrogens is 138 g/mol. The number of hydrogen-bond acceptors (Lipinski definition) is 2. The number of para-hydroxylation sites is 2. The van der Waals surface area contributed by atoms with E-state index in [1.807, 2.05) is 36.2 Å². The topological polar surface area (TPSA) is 12.5 Å². The molecule has 0 N–H and O–H groups in total. The molecule has 1 aliphatic rings. The minimum Gasteiger partial charge on any atom is -0.439 e. The maximum absolute atomic E-state index is 5.35. The van der Waals surface area contributed by atoms with Crippen LogP contribution < -0.4 is 9.64 Å². The normalized spacial score (nSPS) is 14.6. The molecule has 1 aliphatic heterocycles. The number of benzene rings is 1. The molecule has 0 aromatic heterocycles.